The number of rotatable bonds is 3. The SMILES string of the molecule is CC(C)C(=O)[B]c1ccccc1.O.O. The molecule has 0 bridgehead atoms. The Balaban J connectivity index is 0. The maximum absolute atomic E-state index is 11.3. The molecule has 1 aromatic rings. The topological polar surface area (TPSA) is 80.1 Å². The second kappa shape index (κ2) is 7.29. The first-order chi connectivity index (χ1) is 5.70. The van der Waals surface area contributed by atoms with Crippen molar-refractivity contribution in [3.05, 3.63) is 30.3 Å². The molecule has 4 N–H and O–H groups in total. The summed E-state index contributed by atoms with van der Waals surface area (Å²) in [4.78, 5) is 11.3. The van der Waals surface area contributed by atoms with Crippen LogP contribution in [0.3, 0.4) is 0 Å². The van der Waals surface area contributed by atoms with Gasteiger partial charge in [-0.05, 0) is 0 Å². The van der Waals surface area contributed by atoms with E-state index in [0.717, 1.165) is 5.46 Å². The largest absolute Gasteiger partial charge is 0.412 e. The Morgan fingerprint density at radius 2 is 1.64 bits per heavy atom. The highest BCUT2D eigenvalue weighted by Gasteiger charge is 2.08. The van der Waals surface area contributed by atoms with Gasteiger partial charge in [-0.3, -0.25) is 0 Å². The van der Waals surface area contributed by atoms with E-state index in [1.54, 1.807) is 7.28 Å². The standard InChI is InChI=1S/C10H12BO.2H2O/c1-8(2)10(12)11-9-6-4-3-5-7-9;;/h3-8H,1-2H3;2*1H2. The van der Waals surface area contributed by atoms with Crippen LogP contribution in [0.4, 0.5) is 0 Å². The maximum Gasteiger partial charge on any atom is 0.241 e. The zero-order chi connectivity index (χ0) is 8.97. The molecule has 1 radical (unpaired) electrons. The highest BCUT2D eigenvalue weighted by Crippen LogP contribution is 1.92. The molecular formula is C10H16BO3. The van der Waals surface area contributed by atoms with Crippen molar-refractivity contribution in [3.63, 3.8) is 0 Å². The van der Waals surface area contributed by atoms with Crippen LogP contribution in [-0.2, 0) is 4.79 Å². The van der Waals surface area contributed by atoms with Gasteiger partial charge in [0, 0.05) is 5.92 Å². The predicted molar refractivity (Wildman–Crippen MR) is 58.9 cm³/mol. The molecule has 0 atom stereocenters. The number of carbonyl (C=O) groups excluding carboxylic acids is 1. The molecule has 0 amide bonds. The van der Waals surface area contributed by atoms with Gasteiger partial charge in [-0.2, -0.15) is 0 Å². The molecule has 4 heteroatoms. The molecule has 0 aliphatic heterocycles. The third-order valence-electron chi connectivity index (χ3n) is 1.68. The van der Waals surface area contributed by atoms with Crippen molar-refractivity contribution < 1.29 is 15.7 Å². The minimum absolute atomic E-state index is 0. The van der Waals surface area contributed by atoms with Crippen molar-refractivity contribution >= 4 is 18.4 Å². The Hall–Kier alpha value is -1.13. The summed E-state index contributed by atoms with van der Waals surface area (Å²) in [6.45, 7) is 3.81. The van der Waals surface area contributed by atoms with Gasteiger partial charge in [-0.15, -0.1) is 0 Å². The van der Waals surface area contributed by atoms with Gasteiger partial charge < -0.3 is 15.7 Å². The lowest BCUT2D eigenvalue weighted by Crippen LogP contribution is -2.26. The van der Waals surface area contributed by atoms with Gasteiger partial charge in [-0.25, -0.2) is 0 Å². The van der Waals surface area contributed by atoms with Gasteiger partial charge in [-0.1, -0.05) is 49.6 Å². The van der Waals surface area contributed by atoms with Crippen LogP contribution in [0.25, 0.3) is 0 Å². The molecule has 1 aromatic carbocycles. The molecule has 0 aromatic heterocycles. The van der Waals surface area contributed by atoms with Crippen molar-refractivity contribution in [1.29, 1.82) is 0 Å². The fourth-order valence-electron chi connectivity index (χ4n) is 0.880. The molecule has 0 spiro atoms. The fraction of sp³-hybridized carbons (Fsp3) is 0.300. The van der Waals surface area contributed by atoms with E-state index >= 15 is 0 Å². The van der Waals surface area contributed by atoms with Gasteiger partial charge in [0.05, 0.1) is 5.68 Å². The van der Waals surface area contributed by atoms with Crippen molar-refractivity contribution in [2.75, 3.05) is 0 Å². The van der Waals surface area contributed by atoms with Gasteiger partial charge >= 0.3 is 0 Å². The zero-order valence-corrected chi connectivity index (χ0v) is 8.45. The zero-order valence-electron chi connectivity index (χ0n) is 8.45. The summed E-state index contributed by atoms with van der Waals surface area (Å²) < 4.78 is 0. The quantitative estimate of drug-likeness (QED) is 0.601. The van der Waals surface area contributed by atoms with Crippen molar-refractivity contribution in [2.45, 2.75) is 13.8 Å². The first kappa shape index (κ1) is 15.4. The van der Waals surface area contributed by atoms with Crippen LogP contribution in [0.5, 0.6) is 0 Å². The van der Waals surface area contributed by atoms with Gasteiger partial charge in [0.2, 0.25) is 7.28 Å². The van der Waals surface area contributed by atoms with Crippen molar-refractivity contribution in [2.24, 2.45) is 5.92 Å². The fourth-order valence-corrected chi connectivity index (χ4v) is 0.880. The van der Waals surface area contributed by atoms with Crippen LogP contribution in [-0.4, -0.2) is 23.9 Å². The summed E-state index contributed by atoms with van der Waals surface area (Å²) in [6.07, 6.45) is 0. The van der Waals surface area contributed by atoms with E-state index in [4.69, 9.17) is 0 Å². The van der Waals surface area contributed by atoms with Gasteiger partial charge in [0.15, 0.2) is 0 Å². The summed E-state index contributed by atoms with van der Waals surface area (Å²) in [5, 5.41) is 0. The summed E-state index contributed by atoms with van der Waals surface area (Å²) in [6, 6.07) is 9.66. The normalized spacial score (nSPS) is 8.50. The Morgan fingerprint density at radius 3 is 2.07 bits per heavy atom. The smallest absolute Gasteiger partial charge is 0.241 e. The molecule has 0 aliphatic carbocycles. The van der Waals surface area contributed by atoms with E-state index in [1.165, 1.54) is 0 Å². The van der Waals surface area contributed by atoms with Crippen LogP contribution < -0.4 is 5.46 Å². The summed E-state index contributed by atoms with van der Waals surface area (Å²) in [7, 11) is 1.69. The molecular weight excluding hydrogens is 179 g/mol. The average molecular weight is 195 g/mol. The van der Waals surface area contributed by atoms with E-state index in [9.17, 15) is 4.79 Å². The third-order valence-corrected chi connectivity index (χ3v) is 1.68. The van der Waals surface area contributed by atoms with Gasteiger partial charge in [0.25, 0.3) is 0 Å². The molecule has 0 unspecified atom stereocenters. The number of hydrogen-bond acceptors (Lipinski definition) is 1. The number of benzene rings is 1. The Labute approximate surface area is 85.0 Å². The molecule has 77 valence electrons. The minimum Gasteiger partial charge on any atom is -0.412 e. The van der Waals surface area contributed by atoms with Crippen molar-refractivity contribution in [1.82, 2.24) is 0 Å². The van der Waals surface area contributed by atoms with Crippen LogP contribution in [0, 0.1) is 5.92 Å². The minimum atomic E-state index is 0. The molecule has 14 heavy (non-hydrogen) atoms. The van der Waals surface area contributed by atoms with Crippen molar-refractivity contribution in [3.8, 4) is 0 Å². The highest BCUT2D eigenvalue weighted by atomic mass is 16.1. The van der Waals surface area contributed by atoms with Crippen LogP contribution >= 0.6 is 0 Å². The number of carbonyl (C=O) groups is 1. The molecule has 0 fully saturated rings. The number of hydrogen-bond donors (Lipinski definition) is 0. The molecule has 0 saturated carbocycles. The maximum atomic E-state index is 11.3. The summed E-state index contributed by atoms with van der Waals surface area (Å²) in [5.41, 5.74) is 1.16. The lowest BCUT2D eigenvalue weighted by Gasteiger charge is -2.01. The van der Waals surface area contributed by atoms with E-state index in [0.29, 0.717) is 0 Å². The molecule has 1 rings (SSSR count). The van der Waals surface area contributed by atoms with Gasteiger partial charge in [0.1, 0.15) is 0 Å². The van der Waals surface area contributed by atoms with E-state index in [1.807, 2.05) is 44.2 Å². The average Bonchev–Trinajstić information content (AvgIpc) is 2.06. The molecule has 0 saturated heterocycles. The lowest BCUT2D eigenvalue weighted by molar-refractivity contribution is -0.114. The first-order valence-corrected chi connectivity index (χ1v) is 4.14. The second-order valence-electron chi connectivity index (χ2n) is 3.11. The molecule has 0 aliphatic rings. The molecule has 0 heterocycles. The predicted octanol–water partition coefficient (Wildman–Crippen LogP) is -0.451. The first-order valence-electron chi connectivity index (χ1n) is 4.14. The Morgan fingerprint density at radius 1 is 1.14 bits per heavy atom. The third kappa shape index (κ3) is 4.79. The highest BCUT2D eigenvalue weighted by molar-refractivity contribution is 6.84. The molecule has 3 nitrogen and oxygen atoms in total. The summed E-state index contributed by atoms with van der Waals surface area (Å²) in [5.74, 6) is 0.0882. The van der Waals surface area contributed by atoms with Crippen LogP contribution in [0.2, 0.25) is 0 Å². The van der Waals surface area contributed by atoms with Crippen LogP contribution in [0.1, 0.15) is 13.8 Å². The van der Waals surface area contributed by atoms with E-state index in [2.05, 4.69) is 0 Å². The lowest BCUT2D eigenvalue weighted by atomic mass is 9.63. The van der Waals surface area contributed by atoms with E-state index < -0.39 is 0 Å². The van der Waals surface area contributed by atoms with E-state index in [-0.39, 0.29) is 22.6 Å². The monoisotopic (exact) mass is 195 g/mol. The summed E-state index contributed by atoms with van der Waals surface area (Å²) >= 11 is 0. The Bertz CT molecular complexity index is 259. The van der Waals surface area contributed by atoms with Crippen LogP contribution in [0.15, 0.2) is 30.3 Å². The Kier molecular flexibility index (Phi) is 8.00. The second-order valence-corrected chi connectivity index (χ2v) is 3.11.